The summed E-state index contributed by atoms with van der Waals surface area (Å²) in [6.07, 6.45) is 1.81. The Labute approximate surface area is 114 Å². The van der Waals surface area contributed by atoms with Crippen LogP contribution in [0.15, 0.2) is 23.2 Å². The quantitative estimate of drug-likeness (QED) is 0.860. The molecule has 0 atom stereocenters. The van der Waals surface area contributed by atoms with Crippen molar-refractivity contribution in [2.24, 2.45) is 4.99 Å². The fourth-order valence-corrected chi connectivity index (χ4v) is 3.51. The highest BCUT2D eigenvalue weighted by atomic mass is 32.2. The molecule has 0 amide bonds. The van der Waals surface area contributed by atoms with E-state index in [-0.39, 0.29) is 5.54 Å². The van der Waals surface area contributed by atoms with Crippen LogP contribution in [0.25, 0.3) is 0 Å². The second kappa shape index (κ2) is 5.09. The van der Waals surface area contributed by atoms with Crippen molar-refractivity contribution in [3.05, 3.63) is 29.8 Å². The summed E-state index contributed by atoms with van der Waals surface area (Å²) < 4.78 is 31.6. The van der Waals surface area contributed by atoms with Gasteiger partial charge in [-0.05, 0) is 25.0 Å². The first kappa shape index (κ1) is 12.9. The summed E-state index contributed by atoms with van der Waals surface area (Å²) in [5.74, 6) is -0.282. The predicted molar refractivity (Wildman–Crippen MR) is 72.7 cm³/mol. The smallest absolute Gasteiger partial charge is 0.161 e. The lowest BCUT2D eigenvalue weighted by molar-refractivity contribution is 0.0624. The van der Waals surface area contributed by atoms with Crippen LogP contribution in [0.1, 0.15) is 12.8 Å². The van der Waals surface area contributed by atoms with Crippen LogP contribution in [0.5, 0.6) is 0 Å². The first-order valence-electron chi connectivity index (χ1n) is 6.19. The van der Waals surface area contributed by atoms with Crippen LogP contribution >= 0.6 is 11.8 Å². The van der Waals surface area contributed by atoms with Gasteiger partial charge in [-0.1, -0.05) is 11.8 Å². The third-order valence-electron chi connectivity index (χ3n) is 3.35. The molecule has 2 aliphatic rings. The van der Waals surface area contributed by atoms with Gasteiger partial charge in [-0.25, -0.2) is 8.78 Å². The van der Waals surface area contributed by atoms with Crippen molar-refractivity contribution in [3.63, 3.8) is 0 Å². The number of benzene rings is 1. The second-order valence-corrected chi connectivity index (χ2v) is 5.79. The summed E-state index contributed by atoms with van der Waals surface area (Å²) in [6.45, 7) is 1.46. The summed E-state index contributed by atoms with van der Waals surface area (Å²) in [5.41, 5.74) is 0.338. The zero-order valence-corrected chi connectivity index (χ0v) is 11.1. The maximum atomic E-state index is 13.1. The van der Waals surface area contributed by atoms with Gasteiger partial charge < -0.3 is 10.1 Å². The van der Waals surface area contributed by atoms with Gasteiger partial charge in [0.05, 0.1) is 5.54 Å². The molecule has 1 spiro atoms. The van der Waals surface area contributed by atoms with Gasteiger partial charge in [0.2, 0.25) is 0 Å². The number of ether oxygens (including phenoxy) is 1. The van der Waals surface area contributed by atoms with E-state index >= 15 is 0 Å². The van der Waals surface area contributed by atoms with Gasteiger partial charge in [-0.15, -0.1) is 0 Å². The van der Waals surface area contributed by atoms with Gasteiger partial charge in [0, 0.05) is 30.7 Å². The van der Waals surface area contributed by atoms with E-state index < -0.39 is 11.6 Å². The minimum Gasteiger partial charge on any atom is -0.381 e. The van der Waals surface area contributed by atoms with E-state index in [4.69, 9.17) is 4.74 Å². The maximum Gasteiger partial charge on any atom is 0.161 e. The second-order valence-electron chi connectivity index (χ2n) is 4.83. The molecule has 2 heterocycles. The van der Waals surface area contributed by atoms with Crippen molar-refractivity contribution in [3.8, 4) is 0 Å². The van der Waals surface area contributed by atoms with Crippen LogP contribution in [0.2, 0.25) is 0 Å². The van der Waals surface area contributed by atoms with Crippen LogP contribution in [0.4, 0.5) is 14.5 Å². The number of rotatable bonds is 1. The molecule has 0 radical (unpaired) electrons. The highest BCUT2D eigenvalue weighted by molar-refractivity contribution is 8.14. The Morgan fingerprint density at radius 2 is 1.84 bits per heavy atom. The lowest BCUT2D eigenvalue weighted by Gasteiger charge is -2.29. The van der Waals surface area contributed by atoms with Crippen molar-refractivity contribution < 1.29 is 13.5 Å². The van der Waals surface area contributed by atoms with E-state index in [1.165, 1.54) is 12.1 Å². The predicted octanol–water partition coefficient (Wildman–Crippen LogP) is 3.03. The van der Waals surface area contributed by atoms with E-state index in [0.29, 0.717) is 5.69 Å². The number of aliphatic imine (C=N–C) groups is 1. The Morgan fingerprint density at radius 1 is 1.16 bits per heavy atom. The zero-order chi connectivity index (χ0) is 13.3. The summed E-state index contributed by atoms with van der Waals surface area (Å²) in [5, 5.41) is 3.71. The molecule has 1 aromatic carbocycles. The molecular formula is C13H14F2N2OS. The molecule has 1 saturated heterocycles. The Balaban J connectivity index is 1.75. The van der Waals surface area contributed by atoms with Crippen LogP contribution in [0, 0.1) is 11.6 Å². The third kappa shape index (κ3) is 2.90. The molecule has 19 heavy (non-hydrogen) atoms. The number of amidine groups is 1. The zero-order valence-electron chi connectivity index (χ0n) is 10.3. The van der Waals surface area contributed by atoms with Crippen LogP contribution in [0.3, 0.4) is 0 Å². The molecule has 2 aliphatic heterocycles. The first-order chi connectivity index (χ1) is 9.15. The Morgan fingerprint density at radius 3 is 2.53 bits per heavy atom. The number of nitrogens with one attached hydrogen (secondary N) is 1. The number of anilines is 1. The van der Waals surface area contributed by atoms with E-state index in [0.717, 1.165) is 43.0 Å². The number of halogens is 2. The summed E-state index contributed by atoms with van der Waals surface area (Å²) in [4.78, 5) is 4.68. The maximum absolute atomic E-state index is 13.1. The van der Waals surface area contributed by atoms with E-state index in [9.17, 15) is 8.78 Å². The minimum atomic E-state index is -0.591. The SMILES string of the molecule is Fc1cc(F)cc(NC2=NC3(CCOCC3)CS2)c1. The fourth-order valence-electron chi connectivity index (χ4n) is 2.30. The third-order valence-corrected chi connectivity index (χ3v) is 4.50. The number of thioether (sulfide) groups is 1. The fraction of sp³-hybridized carbons (Fsp3) is 0.462. The van der Waals surface area contributed by atoms with Gasteiger partial charge in [-0.3, -0.25) is 4.99 Å². The molecule has 0 aliphatic carbocycles. The Hall–Kier alpha value is -1.14. The monoisotopic (exact) mass is 284 g/mol. The van der Waals surface area contributed by atoms with Crippen LogP contribution in [-0.2, 0) is 4.74 Å². The molecule has 0 aromatic heterocycles. The van der Waals surface area contributed by atoms with Gasteiger partial charge in [0.25, 0.3) is 0 Å². The van der Waals surface area contributed by atoms with Gasteiger partial charge in [0.15, 0.2) is 5.17 Å². The van der Waals surface area contributed by atoms with E-state index in [1.807, 2.05) is 0 Å². The lowest BCUT2D eigenvalue weighted by Crippen LogP contribution is -2.34. The Bertz CT molecular complexity index is 495. The molecule has 1 N–H and O–H groups in total. The van der Waals surface area contributed by atoms with Crippen LogP contribution in [-0.4, -0.2) is 29.7 Å². The molecule has 3 nitrogen and oxygen atoms in total. The number of nitrogens with zero attached hydrogens (tertiary/aromatic N) is 1. The molecule has 6 heteroatoms. The van der Waals surface area contributed by atoms with Crippen molar-refractivity contribution in [2.45, 2.75) is 18.4 Å². The average Bonchev–Trinajstić information content (AvgIpc) is 2.71. The number of hydrogen-bond donors (Lipinski definition) is 1. The van der Waals surface area contributed by atoms with E-state index in [2.05, 4.69) is 10.3 Å². The lowest BCUT2D eigenvalue weighted by atomic mass is 9.93. The van der Waals surface area contributed by atoms with Crippen molar-refractivity contribution >= 4 is 22.6 Å². The van der Waals surface area contributed by atoms with Gasteiger partial charge in [-0.2, -0.15) is 0 Å². The van der Waals surface area contributed by atoms with Crippen LogP contribution < -0.4 is 5.32 Å². The standard InChI is InChI=1S/C13H14F2N2OS/c14-9-5-10(15)7-11(6-9)16-12-17-13(8-19-12)1-3-18-4-2-13/h5-7H,1-4,8H2,(H,16,17). The molecular weight excluding hydrogens is 270 g/mol. The number of hydrogen-bond acceptors (Lipinski definition) is 4. The minimum absolute atomic E-state index is 0.0584. The highest BCUT2D eigenvalue weighted by Gasteiger charge is 2.37. The van der Waals surface area contributed by atoms with Crippen molar-refractivity contribution in [2.75, 3.05) is 24.3 Å². The molecule has 3 rings (SSSR count). The average molecular weight is 284 g/mol. The molecule has 0 bridgehead atoms. The molecule has 1 fully saturated rings. The van der Waals surface area contributed by atoms with Gasteiger partial charge in [0.1, 0.15) is 11.6 Å². The highest BCUT2D eigenvalue weighted by Crippen LogP contribution is 2.36. The summed E-state index contributed by atoms with van der Waals surface area (Å²) in [6, 6.07) is 3.39. The first-order valence-corrected chi connectivity index (χ1v) is 7.17. The molecule has 1 aromatic rings. The summed E-state index contributed by atoms with van der Waals surface area (Å²) >= 11 is 1.59. The topological polar surface area (TPSA) is 33.6 Å². The molecule has 0 saturated carbocycles. The normalized spacial score (nSPS) is 21.5. The Kier molecular flexibility index (Phi) is 3.45. The van der Waals surface area contributed by atoms with Gasteiger partial charge >= 0.3 is 0 Å². The molecule has 102 valence electrons. The largest absolute Gasteiger partial charge is 0.381 e. The van der Waals surface area contributed by atoms with Crippen molar-refractivity contribution in [1.82, 2.24) is 0 Å². The van der Waals surface area contributed by atoms with Crippen molar-refractivity contribution in [1.29, 1.82) is 0 Å². The molecule has 0 unspecified atom stereocenters. The van der Waals surface area contributed by atoms with E-state index in [1.54, 1.807) is 11.8 Å². The summed E-state index contributed by atoms with van der Waals surface area (Å²) in [7, 11) is 0.